The Labute approximate surface area is 117 Å². The lowest BCUT2D eigenvalue weighted by Crippen LogP contribution is -2.06. The van der Waals surface area contributed by atoms with Crippen LogP contribution < -0.4 is 0 Å². The van der Waals surface area contributed by atoms with Crippen LogP contribution in [0.3, 0.4) is 0 Å². The lowest BCUT2D eigenvalue weighted by Gasteiger charge is -2.09. The summed E-state index contributed by atoms with van der Waals surface area (Å²) in [7, 11) is 0. The van der Waals surface area contributed by atoms with Gasteiger partial charge in [0.15, 0.2) is 0 Å². The highest BCUT2D eigenvalue weighted by Crippen LogP contribution is 2.21. The predicted molar refractivity (Wildman–Crippen MR) is 77.0 cm³/mol. The zero-order chi connectivity index (χ0) is 14.7. The molecule has 0 aliphatic carbocycles. The Morgan fingerprint density at radius 3 is 2.80 bits per heavy atom. The van der Waals surface area contributed by atoms with E-state index in [1.165, 1.54) is 0 Å². The van der Waals surface area contributed by atoms with Crippen LogP contribution in [0.4, 0.5) is 0 Å². The molecule has 0 saturated carbocycles. The van der Waals surface area contributed by atoms with E-state index in [1.54, 1.807) is 19.1 Å². The highest BCUT2D eigenvalue weighted by atomic mass is 16.4. The first-order valence-corrected chi connectivity index (χ1v) is 6.94. The summed E-state index contributed by atoms with van der Waals surface area (Å²) in [6.45, 7) is 4.52. The van der Waals surface area contributed by atoms with Crippen LogP contribution in [0.15, 0.2) is 18.2 Å². The number of rotatable bonds is 6. The van der Waals surface area contributed by atoms with E-state index in [-0.39, 0.29) is 11.7 Å². The molecule has 0 spiro atoms. The minimum Gasteiger partial charge on any atom is -0.478 e. The SMILES string of the molecule is CCc1nc2c(C(=O)O)cccc2n1CCCC(C)O. The first-order chi connectivity index (χ1) is 9.54. The number of para-hydroxylation sites is 1. The number of aliphatic hydroxyl groups excluding tert-OH is 1. The van der Waals surface area contributed by atoms with Crippen LogP contribution in [0.2, 0.25) is 0 Å². The molecule has 0 radical (unpaired) electrons. The Kier molecular flexibility index (Phi) is 4.39. The van der Waals surface area contributed by atoms with Gasteiger partial charge in [-0.25, -0.2) is 9.78 Å². The van der Waals surface area contributed by atoms with Crippen molar-refractivity contribution in [2.45, 2.75) is 45.8 Å². The molecule has 0 amide bonds. The second-order valence-electron chi connectivity index (χ2n) is 5.00. The fourth-order valence-corrected chi connectivity index (χ4v) is 2.43. The average Bonchev–Trinajstić information content (AvgIpc) is 2.76. The maximum Gasteiger partial charge on any atom is 0.337 e. The summed E-state index contributed by atoms with van der Waals surface area (Å²) < 4.78 is 2.06. The van der Waals surface area contributed by atoms with E-state index in [0.29, 0.717) is 5.52 Å². The summed E-state index contributed by atoms with van der Waals surface area (Å²) >= 11 is 0. The van der Waals surface area contributed by atoms with Gasteiger partial charge in [-0.05, 0) is 31.9 Å². The van der Waals surface area contributed by atoms with Crippen molar-refractivity contribution >= 4 is 17.0 Å². The third kappa shape index (κ3) is 2.82. The van der Waals surface area contributed by atoms with Gasteiger partial charge in [0.2, 0.25) is 0 Å². The monoisotopic (exact) mass is 276 g/mol. The second-order valence-corrected chi connectivity index (χ2v) is 5.00. The summed E-state index contributed by atoms with van der Waals surface area (Å²) in [6.07, 6.45) is 2.00. The molecule has 0 aliphatic heterocycles. The zero-order valence-corrected chi connectivity index (χ0v) is 11.8. The molecule has 1 unspecified atom stereocenters. The van der Waals surface area contributed by atoms with E-state index in [4.69, 9.17) is 0 Å². The van der Waals surface area contributed by atoms with Crippen LogP contribution in [0, 0.1) is 0 Å². The van der Waals surface area contributed by atoms with E-state index in [9.17, 15) is 15.0 Å². The van der Waals surface area contributed by atoms with Crippen molar-refractivity contribution in [3.8, 4) is 0 Å². The molecule has 0 saturated heterocycles. The first-order valence-electron chi connectivity index (χ1n) is 6.94. The predicted octanol–water partition coefficient (Wildman–Crippen LogP) is 2.46. The average molecular weight is 276 g/mol. The van der Waals surface area contributed by atoms with Crippen molar-refractivity contribution in [1.82, 2.24) is 9.55 Å². The summed E-state index contributed by atoms with van der Waals surface area (Å²) in [4.78, 5) is 15.7. The van der Waals surface area contributed by atoms with Crippen LogP contribution in [0.25, 0.3) is 11.0 Å². The third-order valence-corrected chi connectivity index (χ3v) is 3.41. The number of nitrogens with zero attached hydrogens (tertiary/aromatic N) is 2. The number of imidazole rings is 1. The van der Waals surface area contributed by atoms with Gasteiger partial charge in [-0.2, -0.15) is 0 Å². The van der Waals surface area contributed by atoms with Gasteiger partial charge in [-0.1, -0.05) is 13.0 Å². The van der Waals surface area contributed by atoms with Crippen LogP contribution in [-0.4, -0.2) is 31.8 Å². The van der Waals surface area contributed by atoms with E-state index in [0.717, 1.165) is 37.1 Å². The van der Waals surface area contributed by atoms with Gasteiger partial charge in [0.1, 0.15) is 11.3 Å². The number of aliphatic hydroxyl groups is 1. The highest BCUT2D eigenvalue weighted by Gasteiger charge is 2.15. The van der Waals surface area contributed by atoms with E-state index >= 15 is 0 Å². The number of hydrogen-bond donors (Lipinski definition) is 2. The van der Waals surface area contributed by atoms with Gasteiger partial charge in [0, 0.05) is 13.0 Å². The summed E-state index contributed by atoms with van der Waals surface area (Å²) in [5.41, 5.74) is 1.65. The fraction of sp³-hybridized carbons (Fsp3) is 0.467. The van der Waals surface area contributed by atoms with Crippen LogP contribution in [0.1, 0.15) is 42.9 Å². The Morgan fingerprint density at radius 2 is 2.20 bits per heavy atom. The number of aromatic carboxylic acids is 1. The van der Waals surface area contributed by atoms with Gasteiger partial charge in [0.25, 0.3) is 0 Å². The Morgan fingerprint density at radius 1 is 1.45 bits per heavy atom. The van der Waals surface area contributed by atoms with Crippen molar-refractivity contribution < 1.29 is 15.0 Å². The molecule has 1 aromatic heterocycles. The van der Waals surface area contributed by atoms with Gasteiger partial charge in [-0.3, -0.25) is 0 Å². The molecular formula is C15H20N2O3. The van der Waals surface area contributed by atoms with Crippen molar-refractivity contribution in [2.75, 3.05) is 0 Å². The van der Waals surface area contributed by atoms with Gasteiger partial charge in [-0.15, -0.1) is 0 Å². The molecule has 20 heavy (non-hydrogen) atoms. The quantitative estimate of drug-likeness (QED) is 0.849. The molecule has 2 N–H and O–H groups in total. The zero-order valence-electron chi connectivity index (χ0n) is 11.8. The van der Waals surface area contributed by atoms with Crippen molar-refractivity contribution in [1.29, 1.82) is 0 Å². The summed E-state index contributed by atoms with van der Waals surface area (Å²) in [5.74, 6) is -0.0637. The Balaban J connectivity index is 2.42. The molecule has 2 rings (SSSR count). The molecule has 0 aliphatic rings. The minimum absolute atomic E-state index is 0.242. The smallest absolute Gasteiger partial charge is 0.337 e. The molecule has 0 bridgehead atoms. The van der Waals surface area contributed by atoms with Crippen molar-refractivity contribution in [3.05, 3.63) is 29.6 Å². The van der Waals surface area contributed by atoms with Gasteiger partial charge >= 0.3 is 5.97 Å². The number of carboxylic acid groups (broad SMARTS) is 1. The lowest BCUT2D eigenvalue weighted by molar-refractivity contribution is 0.0699. The number of aryl methyl sites for hydroxylation is 2. The number of fused-ring (bicyclic) bond motifs is 1. The standard InChI is InChI=1S/C15H20N2O3/c1-3-13-16-14-11(15(19)20)7-4-8-12(14)17(13)9-5-6-10(2)18/h4,7-8,10,18H,3,5-6,9H2,1-2H3,(H,19,20). The van der Waals surface area contributed by atoms with E-state index in [2.05, 4.69) is 9.55 Å². The van der Waals surface area contributed by atoms with Crippen LogP contribution in [-0.2, 0) is 13.0 Å². The van der Waals surface area contributed by atoms with Crippen molar-refractivity contribution in [3.63, 3.8) is 0 Å². The number of carboxylic acids is 1. The molecular weight excluding hydrogens is 256 g/mol. The van der Waals surface area contributed by atoms with Gasteiger partial charge < -0.3 is 14.8 Å². The molecule has 1 heterocycles. The topological polar surface area (TPSA) is 75.3 Å². The molecule has 5 nitrogen and oxygen atoms in total. The molecule has 5 heteroatoms. The minimum atomic E-state index is -0.952. The second kappa shape index (κ2) is 6.05. The van der Waals surface area contributed by atoms with Crippen LogP contribution in [0.5, 0.6) is 0 Å². The first kappa shape index (κ1) is 14.5. The number of benzene rings is 1. The van der Waals surface area contributed by atoms with Crippen LogP contribution >= 0.6 is 0 Å². The van der Waals surface area contributed by atoms with E-state index < -0.39 is 5.97 Å². The Bertz CT molecular complexity index is 617. The lowest BCUT2D eigenvalue weighted by atomic mass is 10.2. The largest absolute Gasteiger partial charge is 0.478 e. The Hall–Kier alpha value is -1.88. The van der Waals surface area contributed by atoms with Crippen molar-refractivity contribution in [2.24, 2.45) is 0 Å². The maximum atomic E-state index is 11.2. The number of aromatic nitrogens is 2. The number of carbonyl (C=O) groups is 1. The third-order valence-electron chi connectivity index (χ3n) is 3.41. The summed E-state index contributed by atoms with van der Waals surface area (Å²) in [5, 5.41) is 18.6. The molecule has 108 valence electrons. The number of hydrogen-bond acceptors (Lipinski definition) is 3. The maximum absolute atomic E-state index is 11.2. The molecule has 1 atom stereocenters. The highest BCUT2D eigenvalue weighted by molar-refractivity contribution is 6.01. The normalized spacial score (nSPS) is 12.8. The summed E-state index contributed by atoms with van der Waals surface area (Å²) in [6, 6.07) is 5.23. The molecule has 1 aromatic carbocycles. The molecule has 2 aromatic rings. The van der Waals surface area contributed by atoms with Gasteiger partial charge in [0.05, 0.1) is 17.2 Å². The fourth-order valence-electron chi connectivity index (χ4n) is 2.43. The van der Waals surface area contributed by atoms with E-state index in [1.807, 2.05) is 13.0 Å². The molecule has 0 fully saturated rings.